The van der Waals surface area contributed by atoms with Gasteiger partial charge in [0.15, 0.2) is 0 Å². The molecule has 0 aliphatic rings. The second-order valence-electron chi connectivity index (χ2n) is 7.58. The Hall–Kier alpha value is -3.93. The van der Waals surface area contributed by atoms with Gasteiger partial charge in [0.2, 0.25) is 0 Å². The normalized spacial score (nSPS) is 11.3. The third kappa shape index (κ3) is 4.51. The average Bonchev–Trinajstić information content (AvgIpc) is 2.84. The Bertz CT molecular complexity index is 1300. The summed E-state index contributed by atoms with van der Waals surface area (Å²) in [6, 6.07) is 23.7. The van der Waals surface area contributed by atoms with Crippen molar-refractivity contribution in [2.75, 3.05) is 12.4 Å². The first-order chi connectivity index (χ1) is 15.9. The zero-order chi connectivity index (χ0) is 23.4. The smallest absolute Gasteiger partial charge is 0.350 e. The molecule has 33 heavy (non-hydrogen) atoms. The maximum atomic E-state index is 15.2. The van der Waals surface area contributed by atoms with Crippen LogP contribution < -0.4 is 14.8 Å². The van der Waals surface area contributed by atoms with E-state index < -0.39 is 11.8 Å². The molecule has 0 fully saturated rings. The number of hydrogen-bond donors (Lipinski definition) is 1. The predicted octanol–water partition coefficient (Wildman–Crippen LogP) is 6.47. The van der Waals surface area contributed by atoms with E-state index in [1.165, 1.54) is 12.1 Å². The van der Waals surface area contributed by atoms with Crippen LogP contribution in [-0.2, 0) is 17.3 Å². The van der Waals surface area contributed by atoms with Crippen LogP contribution in [0.5, 0.6) is 11.5 Å². The van der Waals surface area contributed by atoms with Gasteiger partial charge in [-0.25, -0.2) is 0 Å². The number of halogens is 2. The Balaban J connectivity index is 1.56. The maximum absolute atomic E-state index is 15.2. The van der Waals surface area contributed by atoms with Crippen molar-refractivity contribution >= 4 is 22.4 Å². The van der Waals surface area contributed by atoms with E-state index in [2.05, 4.69) is 5.32 Å². The monoisotopic (exact) mass is 447 g/mol. The second-order valence-corrected chi connectivity index (χ2v) is 7.58. The molecule has 0 heterocycles. The number of amides is 1. The molecule has 6 heteroatoms. The van der Waals surface area contributed by atoms with Gasteiger partial charge in [0.05, 0.1) is 7.11 Å². The lowest BCUT2D eigenvalue weighted by Gasteiger charge is -2.20. The Labute approximate surface area is 190 Å². The number of para-hydroxylation sites is 1. The Morgan fingerprint density at radius 1 is 0.879 bits per heavy atom. The van der Waals surface area contributed by atoms with Gasteiger partial charge in [0.1, 0.15) is 18.1 Å². The predicted molar refractivity (Wildman–Crippen MR) is 125 cm³/mol. The summed E-state index contributed by atoms with van der Waals surface area (Å²) in [4.78, 5) is 12.7. The standard InChI is InChI=1S/C27H23F2NO3/c1-18-23(14-8-16-24(18)33-17-20-10-4-6-15-25(20)32-2)30-26(31)27(28,29)22-13-7-11-19-9-3-5-12-21(19)22/h3-16H,17H2,1-2H3,(H,30,31). The number of alkyl halides is 2. The molecular weight excluding hydrogens is 424 g/mol. The fourth-order valence-corrected chi connectivity index (χ4v) is 3.71. The third-order valence-electron chi connectivity index (χ3n) is 5.52. The molecule has 4 aromatic carbocycles. The van der Waals surface area contributed by atoms with Crippen LogP contribution in [0.1, 0.15) is 16.7 Å². The summed E-state index contributed by atoms with van der Waals surface area (Å²) in [5.74, 6) is -3.95. The molecule has 0 aliphatic heterocycles. The van der Waals surface area contributed by atoms with Crippen molar-refractivity contribution in [1.82, 2.24) is 0 Å². The van der Waals surface area contributed by atoms with Crippen LogP contribution in [0, 0.1) is 6.92 Å². The molecule has 4 aromatic rings. The number of benzene rings is 4. The average molecular weight is 447 g/mol. The topological polar surface area (TPSA) is 47.6 Å². The van der Waals surface area contributed by atoms with E-state index in [1.807, 2.05) is 24.3 Å². The fourth-order valence-electron chi connectivity index (χ4n) is 3.71. The molecule has 0 bridgehead atoms. The summed E-state index contributed by atoms with van der Waals surface area (Å²) in [7, 11) is 1.58. The molecule has 4 rings (SSSR count). The van der Waals surface area contributed by atoms with Crippen LogP contribution in [0.3, 0.4) is 0 Å². The molecule has 0 aliphatic carbocycles. The quantitative estimate of drug-likeness (QED) is 0.353. The van der Waals surface area contributed by atoms with Gasteiger partial charge in [-0.3, -0.25) is 4.79 Å². The molecular formula is C27H23F2NO3. The van der Waals surface area contributed by atoms with E-state index in [-0.39, 0.29) is 17.9 Å². The van der Waals surface area contributed by atoms with Gasteiger partial charge in [-0.05, 0) is 35.9 Å². The van der Waals surface area contributed by atoms with Crippen molar-refractivity contribution in [1.29, 1.82) is 0 Å². The van der Waals surface area contributed by atoms with Gasteiger partial charge in [-0.15, -0.1) is 0 Å². The van der Waals surface area contributed by atoms with Crippen molar-refractivity contribution in [3.63, 3.8) is 0 Å². The minimum atomic E-state index is -3.72. The molecule has 1 N–H and O–H groups in total. The van der Waals surface area contributed by atoms with Crippen LogP contribution in [-0.4, -0.2) is 13.0 Å². The van der Waals surface area contributed by atoms with Crippen LogP contribution in [0.25, 0.3) is 10.8 Å². The number of hydrogen-bond acceptors (Lipinski definition) is 3. The highest BCUT2D eigenvalue weighted by atomic mass is 19.3. The van der Waals surface area contributed by atoms with Crippen molar-refractivity contribution < 1.29 is 23.0 Å². The highest BCUT2D eigenvalue weighted by Crippen LogP contribution is 2.36. The molecule has 168 valence electrons. The van der Waals surface area contributed by atoms with Gasteiger partial charge in [-0.1, -0.05) is 66.7 Å². The zero-order valence-corrected chi connectivity index (χ0v) is 18.3. The van der Waals surface area contributed by atoms with E-state index in [0.717, 1.165) is 5.56 Å². The summed E-state index contributed by atoms with van der Waals surface area (Å²) < 4.78 is 41.6. The number of carbonyl (C=O) groups excluding carboxylic acids is 1. The number of ether oxygens (including phenoxy) is 2. The van der Waals surface area contributed by atoms with E-state index in [0.29, 0.717) is 27.8 Å². The number of anilines is 1. The minimum Gasteiger partial charge on any atom is -0.496 e. The van der Waals surface area contributed by atoms with Gasteiger partial charge < -0.3 is 14.8 Å². The first-order valence-electron chi connectivity index (χ1n) is 10.4. The summed E-state index contributed by atoms with van der Waals surface area (Å²) in [6.07, 6.45) is 0. The Morgan fingerprint density at radius 2 is 1.55 bits per heavy atom. The Kier molecular flexibility index (Phi) is 6.27. The number of carbonyl (C=O) groups is 1. The molecule has 1 amide bonds. The van der Waals surface area contributed by atoms with Gasteiger partial charge >= 0.3 is 5.92 Å². The highest BCUT2D eigenvalue weighted by Gasteiger charge is 2.42. The molecule has 0 atom stereocenters. The molecule has 4 nitrogen and oxygen atoms in total. The maximum Gasteiger partial charge on any atom is 0.350 e. The van der Waals surface area contributed by atoms with Crippen molar-refractivity contribution in [3.8, 4) is 11.5 Å². The molecule has 0 saturated carbocycles. The lowest BCUT2D eigenvalue weighted by Crippen LogP contribution is -2.32. The molecule has 0 radical (unpaired) electrons. The summed E-state index contributed by atoms with van der Waals surface area (Å²) >= 11 is 0. The molecule has 0 aromatic heterocycles. The van der Waals surface area contributed by atoms with Crippen LogP contribution in [0.2, 0.25) is 0 Å². The van der Waals surface area contributed by atoms with Crippen molar-refractivity contribution in [3.05, 3.63) is 102 Å². The highest BCUT2D eigenvalue weighted by molar-refractivity contribution is 6.01. The lowest BCUT2D eigenvalue weighted by molar-refractivity contribution is -0.140. The molecule has 0 spiro atoms. The third-order valence-corrected chi connectivity index (χ3v) is 5.52. The number of rotatable bonds is 7. The van der Waals surface area contributed by atoms with E-state index in [9.17, 15) is 4.79 Å². The van der Waals surface area contributed by atoms with Gasteiger partial charge in [0, 0.05) is 22.4 Å². The van der Waals surface area contributed by atoms with Gasteiger partial charge in [-0.2, -0.15) is 8.78 Å². The summed E-state index contributed by atoms with van der Waals surface area (Å²) in [6.45, 7) is 1.94. The number of nitrogens with one attached hydrogen (secondary N) is 1. The Morgan fingerprint density at radius 3 is 2.36 bits per heavy atom. The number of fused-ring (bicyclic) bond motifs is 1. The van der Waals surface area contributed by atoms with Crippen LogP contribution in [0.4, 0.5) is 14.5 Å². The first-order valence-corrected chi connectivity index (χ1v) is 10.4. The van der Waals surface area contributed by atoms with Crippen LogP contribution >= 0.6 is 0 Å². The largest absolute Gasteiger partial charge is 0.496 e. The van der Waals surface area contributed by atoms with Crippen molar-refractivity contribution in [2.45, 2.75) is 19.5 Å². The number of methoxy groups -OCH3 is 1. The van der Waals surface area contributed by atoms with Crippen molar-refractivity contribution in [2.24, 2.45) is 0 Å². The fraction of sp³-hybridized carbons (Fsp3) is 0.148. The van der Waals surface area contributed by atoms with E-state index in [4.69, 9.17) is 9.47 Å². The SMILES string of the molecule is COc1ccccc1COc1cccc(NC(=O)C(F)(F)c2cccc3ccccc23)c1C. The molecule has 0 saturated heterocycles. The molecule has 0 unspecified atom stereocenters. The lowest BCUT2D eigenvalue weighted by atomic mass is 9.99. The zero-order valence-electron chi connectivity index (χ0n) is 18.3. The summed E-state index contributed by atoms with van der Waals surface area (Å²) in [5, 5.41) is 3.36. The summed E-state index contributed by atoms with van der Waals surface area (Å²) in [5.41, 5.74) is 1.32. The minimum absolute atomic E-state index is 0.231. The second kappa shape index (κ2) is 9.28. The van der Waals surface area contributed by atoms with Gasteiger partial charge in [0.25, 0.3) is 5.91 Å². The van der Waals surface area contributed by atoms with Crippen LogP contribution in [0.15, 0.2) is 84.9 Å². The van der Waals surface area contributed by atoms with E-state index in [1.54, 1.807) is 62.6 Å². The first kappa shape index (κ1) is 22.3. The van der Waals surface area contributed by atoms with E-state index >= 15 is 8.78 Å².